The highest BCUT2D eigenvalue weighted by molar-refractivity contribution is 6.14. The number of rotatable bonds is 1. The van der Waals surface area contributed by atoms with E-state index in [1.165, 1.54) is 25.7 Å². The summed E-state index contributed by atoms with van der Waals surface area (Å²) in [7, 11) is 1.99. The SMILES string of the molecule is BC1(O)CCCC(C(C)C)CCC1. The van der Waals surface area contributed by atoms with Crippen molar-refractivity contribution in [3.8, 4) is 0 Å². The van der Waals surface area contributed by atoms with E-state index in [0.29, 0.717) is 0 Å². The summed E-state index contributed by atoms with van der Waals surface area (Å²) in [5.74, 6) is 1.72. The van der Waals surface area contributed by atoms with Crippen molar-refractivity contribution in [2.24, 2.45) is 11.8 Å². The zero-order chi connectivity index (χ0) is 9.90. The van der Waals surface area contributed by atoms with E-state index in [2.05, 4.69) is 13.8 Å². The number of hydrogen-bond donors (Lipinski definition) is 1. The molecule has 0 aromatic rings. The maximum absolute atomic E-state index is 9.90. The molecular weight excluding hydrogens is 159 g/mol. The molecule has 0 unspecified atom stereocenters. The van der Waals surface area contributed by atoms with Crippen molar-refractivity contribution in [3.05, 3.63) is 0 Å². The van der Waals surface area contributed by atoms with Crippen molar-refractivity contribution in [3.63, 3.8) is 0 Å². The monoisotopic (exact) mass is 182 g/mol. The van der Waals surface area contributed by atoms with E-state index in [9.17, 15) is 5.11 Å². The van der Waals surface area contributed by atoms with Crippen LogP contribution in [0, 0.1) is 11.8 Å². The van der Waals surface area contributed by atoms with Gasteiger partial charge in [-0.3, -0.25) is 0 Å². The molecule has 1 aliphatic rings. The summed E-state index contributed by atoms with van der Waals surface area (Å²) in [6.07, 6.45) is 7.03. The summed E-state index contributed by atoms with van der Waals surface area (Å²) in [6.45, 7) is 4.65. The molecule has 13 heavy (non-hydrogen) atoms. The molecule has 2 heteroatoms. The van der Waals surface area contributed by atoms with Gasteiger partial charge in [0, 0.05) is 5.50 Å². The predicted octanol–water partition coefficient (Wildman–Crippen LogP) is 1.93. The van der Waals surface area contributed by atoms with Gasteiger partial charge in [0.1, 0.15) is 7.85 Å². The Morgan fingerprint density at radius 2 is 1.69 bits per heavy atom. The molecule has 0 spiro atoms. The second-order valence-corrected chi connectivity index (χ2v) is 5.29. The average molecular weight is 182 g/mol. The van der Waals surface area contributed by atoms with Gasteiger partial charge in [-0.2, -0.15) is 0 Å². The van der Waals surface area contributed by atoms with E-state index in [0.717, 1.165) is 24.7 Å². The summed E-state index contributed by atoms with van der Waals surface area (Å²) in [4.78, 5) is 0. The first kappa shape index (κ1) is 11.1. The van der Waals surface area contributed by atoms with E-state index < -0.39 is 0 Å². The van der Waals surface area contributed by atoms with Crippen LogP contribution in [0.4, 0.5) is 0 Å². The van der Waals surface area contributed by atoms with E-state index in [1.807, 2.05) is 7.85 Å². The third kappa shape index (κ3) is 3.72. The molecule has 0 radical (unpaired) electrons. The normalized spacial score (nSPS) is 37.1. The smallest absolute Gasteiger partial charge is 0.142 e. The van der Waals surface area contributed by atoms with Crippen LogP contribution >= 0.6 is 0 Å². The number of hydrogen-bond acceptors (Lipinski definition) is 1. The largest absolute Gasteiger partial charge is 0.399 e. The van der Waals surface area contributed by atoms with E-state index in [1.54, 1.807) is 0 Å². The van der Waals surface area contributed by atoms with Crippen molar-refractivity contribution >= 4 is 7.85 Å². The van der Waals surface area contributed by atoms with Gasteiger partial charge in [0.05, 0.1) is 0 Å². The van der Waals surface area contributed by atoms with Gasteiger partial charge in [-0.15, -0.1) is 0 Å². The Bertz CT molecular complexity index is 142. The first-order valence-corrected chi connectivity index (χ1v) is 5.74. The molecule has 0 bridgehead atoms. The number of aliphatic hydroxyl groups is 1. The minimum Gasteiger partial charge on any atom is -0.399 e. The maximum Gasteiger partial charge on any atom is 0.142 e. The first-order valence-electron chi connectivity index (χ1n) is 5.74. The molecular formula is C11H23BO. The predicted molar refractivity (Wildman–Crippen MR) is 59.5 cm³/mol. The van der Waals surface area contributed by atoms with Crippen LogP contribution in [0.15, 0.2) is 0 Å². The Morgan fingerprint density at radius 1 is 1.23 bits per heavy atom. The van der Waals surface area contributed by atoms with E-state index in [4.69, 9.17) is 0 Å². The minimum atomic E-state index is -0.373. The lowest BCUT2D eigenvalue weighted by molar-refractivity contribution is 0.0867. The van der Waals surface area contributed by atoms with Crippen LogP contribution in [-0.2, 0) is 0 Å². The lowest BCUT2D eigenvalue weighted by atomic mass is 9.70. The molecule has 1 saturated carbocycles. The Labute approximate surface area is 83.3 Å². The Hall–Kier alpha value is 0.0249. The van der Waals surface area contributed by atoms with Crippen LogP contribution < -0.4 is 0 Å². The van der Waals surface area contributed by atoms with Gasteiger partial charge in [-0.05, 0) is 24.7 Å². The van der Waals surface area contributed by atoms with Crippen LogP contribution in [0.5, 0.6) is 0 Å². The van der Waals surface area contributed by atoms with Crippen molar-refractivity contribution in [1.82, 2.24) is 0 Å². The lowest BCUT2D eigenvalue weighted by Crippen LogP contribution is -2.31. The molecule has 1 N–H and O–H groups in total. The standard InChI is InChI=1S/C11H23BO/c1-9(2)10-5-3-7-11(12,13)8-4-6-10/h9-10,13H,3-8,12H2,1-2H3. The second-order valence-electron chi connectivity index (χ2n) is 5.29. The summed E-state index contributed by atoms with van der Waals surface area (Å²) < 4.78 is 0. The molecule has 1 fully saturated rings. The van der Waals surface area contributed by atoms with Crippen LogP contribution in [-0.4, -0.2) is 18.5 Å². The van der Waals surface area contributed by atoms with Gasteiger partial charge in [0.2, 0.25) is 0 Å². The Balaban J connectivity index is 2.39. The summed E-state index contributed by atoms with van der Waals surface area (Å²) in [6, 6.07) is 0. The first-order chi connectivity index (χ1) is 6.01. The fourth-order valence-electron chi connectivity index (χ4n) is 2.43. The molecule has 1 rings (SSSR count). The molecule has 0 aromatic heterocycles. The zero-order valence-electron chi connectivity index (χ0n) is 9.34. The van der Waals surface area contributed by atoms with Crippen LogP contribution in [0.2, 0.25) is 0 Å². The average Bonchev–Trinajstić information content (AvgIpc) is 1.97. The van der Waals surface area contributed by atoms with Crippen molar-refractivity contribution in [1.29, 1.82) is 0 Å². The molecule has 0 heterocycles. The van der Waals surface area contributed by atoms with Crippen LogP contribution in [0.3, 0.4) is 0 Å². The maximum atomic E-state index is 9.90. The highest BCUT2D eigenvalue weighted by Gasteiger charge is 2.24. The fraction of sp³-hybridized carbons (Fsp3) is 1.00. The molecule has 0 aliphatic heterocycles. The highest BCUT2D eigenvalue weighted by Crippen LogP contribution is 2.30. The van der Waals surface area contributed by atoms with E-state index in [-0.39, 0.29) is 5.50 Å². The molecule has 0 amide bonds. The fourth-order valence-corrected chi connectivity index (χ4v) is 2.43. The molecule has 1 aliphatic carbocycles. The topological polar surface area (TPSA) is 20.2 Å². The summed E-state index contributed by atoms with van der Waals surface area (Å²) in [5, 5.41) is 9.90. The molecule has 0 aromatic carbocycles. The quantitative estimate of drug-likeness (QED) is 0.614. The van der Waals surface area contributed by atoms with Crippen LogP contribution in [0.25, 0.3) is 0 Å². The van der Waals surface area contributed by atoms with Gasteiger partial charge >= 0.3 is 0 Å². The summed E-state index contributed by atoms with van der Waals surface area (Å²) >= 11 is 0. The lowest BCUT2D eigenvalue weighted by Gasteiger charge is -2.30. The third-order valence-corrected chi connectivity index (χ3v) is 3.52. The van der Waals surface area contributed by atoms with Gasteiger partial charge < -0.3 is 5.11 Å². The third-order valence-electron chi connectivity index (χ3n) is 3.52. The van der Waals surface area contributed by atoms with Crippen LogP contribution in [0.1, 0.15) is 52.4 Å². The Morgan fingerprint density at radius 3 is 2.08 bits per heavy atom. The van der Waals surface area contributed by atoms with E-state index >= 15 is 0 Å². The molecule has 1 nitrogen and oxygen atoms in total. The zero-order valence-corrected chi connectivity index (χ0v) is 9.34. The van der Waals surface area contributed by atoms with Gasteiger partial charge in [-0.1, -0.05) is 39.5 Å². The Kier molecular flexibility index (Phi) is 3.84. The summed E-state index contributed by atoms with van der Waals surface area (Å²) in [5.41, 5.74) is -0.373. The van der Waals surface area contributed by atoms with Crippen molar-refractivity contribution < 1.29 is 5.11 Å². The van der Waals surface area contributed by atoms with Crippen molar-refractivity contribution in [2.75, 3.05) is 0 Å². The highest BCUT2D eigenvalue weighted by atomic mass is 16.3. The minimum absolute atomic E-state index is 0.373. The van der Waals surface area contributed by atoms with Crippen molar-refractivity contribution in [2.45, 2.75) is 57.9 Å². The molecule has 0 saturated heterocycles. The molecule has 0 atom stereocenters. The van der Waals surface area contributed by atoms with Gasteiger partial charge in [0.25, 0.3) is 0 Å². The second kappa shape index (κ2) is 4.50. The molecule has 76 valence electrons. The van der Waals surface area contributed by atoms with Gasteiger partial charge in [0.15, 0.2) is 0 Å². The van der Waals surface area contributed by atoms with Gasteiger partial charge in [-0.25, -0.2) is 0 Å².